The van der Waals surface area contributed by atoms with Crippen LogP contribution >= 0.6 is 0 Å². The number of hydrogen-bond acceptors (Lipinski definition) is 5. The van der Waals surface area contributed by atoms with Crippen LogP contribution in [0.15, 0.2) is 85.1 Å². The highest BCUT2D eigenvalue weighted by atomic mass is 16.6. The van der Waals surface area contributed by atoms with Crippen molar-refractivity contribution in [1.29, 1.82) is 0 Å². The van der Waals surface area contributed by atoms with Crippen LogP contribution in [-0.2, 0) is 23.8 Å². The lowest BCUT2D eigenvalue weighted by Gasteiger charge is -2.18. The maximum atomic E-state index is 12.7. The lowest BCUT2D eigenvalue weighted by molar-refractivity contribution is -0.162. The Morgan fingerprint density at radius 3 is 1.25 bits per heavy atom. The van der Waals surface area contributed by atoms with Crippen LogP contribution in [0, 0.1) is 0 Å². The van der Waals surface area contributed by atoms with E-state index in [4.69, 9.17) is 14.2 Å². The highest BCUT2D eigenvalue weighted by Crippen LogP contribution is 2.13. The van der Waals surface area contributed by atoms with E-state index in [1.165, 1.54) is 109 Å². The van der Waals surface area contributed by atoms with Gasteiger partial charge in [-0.05, 0) is 96.3 Å². The second kappa shape index (κ2) is 50.4. The van der Waals surface area contributed by atoms with Crippen LogP contribution in [0.4, 0.5) is 0 Å². The minimum Gasteiger partial charge on any atom is -0.462 e. The first-order valence-corrected chi connectivity index (χ1v) is 25.1. The summed E-state index contributed by atoms with van der Waals surface area (Å²) >= 11 is 0. The van der Waals surface area contributed by atoms with Crippen LogP contribution in [0.25, 0.3) is 0 Å². The number of carbonyl (C=O) groups excluding carboxylic acids is 2. The molecule has 60 heavy (non-hydrogen) atoms. The number of unbranched alkanes of at least 4 members (excludes halogenated alkanes) is 20. The van der Waals surface area contributed by atoms with Gasteiger partial charge in [0.05, 0.1) is 13.2 Å². The van der Waals surface area contributed by atoms with Crippen molar-refractivity contribution in [2.24, 2.45) is 0 Å². The summed E-state index contributed by atoms with van der Waals surface area (Å²) in [4.78, 5) is 25.3. The van der Waals surface area contributed by atoms with Gasteiger partial charge in [-0.3, -0.25) is 9.59 Å². The molecule has 0 bridgehead atoms. The minimum atomic E-state index is -0.584. The summed E-state index contributed by atoms with van der Waals surface area (Å²) in [6.45, 7) is 7.45. The van der Waals surface area contributed by atoms with Gasteiger partial charge in [0.2, 0.25) is 0 Å². The van der Waals surface area contributed by atoms with E-state index in [0.29, 0.717) is 19.4 Å². The van der Waals surface area contributed by atoms with Crippen LogP contribution in [0.5, 0.6) is 0 Å². The summed E-state index contributed by atoms with van der Waals surface area (Å²) in [5.74, 6) is -0.455. The fourth-order valence-corrected chi connectivity index (χ4v) is 6.67. The summed E-state index contributed by atoms with van der Waals surface area (Å²) in [6.07, 6.45) is 66.1. The van der Waals surface area contributed by atoms with Gasteiger partial charge in [-0.1, -0.05) is 202 Å². The van der Waals surface area contributed by atoms with Crippen molar-refractivity contribution in [2.45, 2.75) is 232 Å². The van der Waals surface area contributed by atoms with Crippen LogP contribution < -0.4 is 0 Å². The first-order valence-electron chi connectivity index (χ1n) is 25.1. The molecule has 0 spiro atoms. The summed E-state index contributed by atoms with van der Waals surface area (Å²) in [5.41, 5.74) is 0. The molecule has 0 aromatic heterocycles. The second-order valence-corrected chi connectivity index (χ2v) is 16.3. The zero-order valence-electron chi connectivity index (χ0n) is 39.5. The molecule has 0 fully saturated rings. The van der Waals surface area contributed by atoms with Crippen molar-refractivity contribution >= 4 is 11.9 Å². The molecule has 1 atom stereocenters. The predicted octanol–water partition coefficient (Wildman–Crippen LogP) is 16.9. The summed E-state index contributed by atoms with van der Waals surface area (Å²) in [6, 6.07) is 0. The van der Waals surface area contributed by atoms with Gasteiger partial charge >= 0.3 is 11.9 Å². The van der Waals surface area contributed by atoms with E-state index >= 15 is 0 Å². The Labute approximate surface area is 371 Å². The van der Waals surface area contributed by atoms with Crippen molar-refractivity contribution in [3.63, 3.8) is 0 Å². The third-order valence-corrected chi connectivity index (χ3v) is 10.4. The largest absolute Gasteiger partial charge is 0.462 e. The van der Waals surface area contributed by atoms with Crippen LogP contribution in [0.2, 0.25) is 0 Å². The van der Waals surface area contributed by atoms with E-state index in [2.05, 4.69) is 106 Å². The van der Waals surface area contributed by atoms with Crippen LogP contribution in [-0.4, -0.2) is 37.9 Å². The molecule has 1 unspecified atom stereocenters. The van der Waals surface area contributed by atoms with Crippen LogP contribution in [0.1, 0.15) is 226 Å². The zero-order valence-corrected chi connectivity index (χ0v) is 39.5. The first-order chi connectivity index (χ1) is 29.6. The molecule has 0 amide bonds. The Morgan fingerprint density at radius 1 is 0.383 bits per heavy atom. The molecule has 0 aliphatic carbocycles. The lowest BCUT2D eigenvalue weighted by Crippen LogP contribution is -2.30. The van der Waals surface area contributed by atoms with Gasteiger partial charge in [-0.2, -0.15) is 0 Å². The van der Waals surface area contributed by atoms with Crippen molar-refractivity contribution < 1.29 is 23.8 Å². The van der Waals surface area contributed by atoms with Gasteiger partial charge in [0.25, 0.3) is 0 Å². The SMILES string of the molecule is CC/C=C\C/C=C\C/C=C\C/C=C\C/C=C\CCOCC(COC(=O)CCCCCCCCC/C=C\CCCCCCCC)OC(=O)CCCCCCC/C=C\CCCC. The third-order valence-electron chi connectivity index (χ3n) is 10.4. The van der Waals surface area contributed by atoms with E-state index in [9.17, 15) is 9.59 Å². The monoisotopic (exact) mass is 835 g/mol. The molecular formula is C55H94O5. The molecule has 0 radical (unpaired) electrons. The van der Waals surface area contributed by atoms with Crippen molar-refractivity contribution in [3.8, 4) is 0 Å². The summed E-state index contributed by atoms with van der Waals surface area (Å²) in [5, 5.41) is 0. The minimum absolute atomic E-state index is 0.0470. The van der Waals surface area contributed by atoms with Gasteiger partial charge < -0.3 is 14.2 Å². The number of hydrogen-bond donors (Lipinski definition) is 0. The molecule has 344 valence electrons. The normalized spacial score (nSPS) is 12.9. The van der Waals surface area contributed by atoms with E-state index in [-0.39, 0.29) is 25.2 Å². The molecule has 0 heterocycles. The molecule has 0 aliphatic heterocycles. The number of esters is 2. The molecule has 0 saturated carbocycles. The predicted molar refractivity (Wildman–Crippen MR) is 260 cm³/mol. The van der Waals surface area contributed by atoms with E-state index in [1.54, 1.807) is 0 Å². The zero-order chi connectivity index (χ0) is 43.5. The molecule has 5 heteroatoms. The Kier molecular flexibility index (Phi) is 48.0. The van der Waals surface area contributed by atoms with Gasteiger partial charge in [0.15, 0.2) is 6.10 Å². The maximum Gasteiger partial charge on any atom is 0.306 e. The molecular weight excluding hydrogens is 741 g/mol. The molecule has 0 saturated heterocycles. The summed E-state index contributed by atoms with van der Waals surface area (Å²) in [7, 11) is 0. The Hall–Kier alpha value is -2.92. The number of ether oxygens (including phenoxy) is 3. The second-order valence-electron chi connectivity index (χ2n) is 16.3. The molecule has 0 rings (SSSR count). The smallest absolute Gasteiger partial charge is 0.306 e. The third kappa shape index (κ3) is 47.8. The summed E-state index contributed by atoms with van der Waals surface area (Å²) < 4.78 is 17.3. The molecule has 5 nitrogen and oxygen atoms in total. The Morgan fingerprint density at radius 2 is 0.767 bits per heavy atom. The van der Waals surface area contributed by atoms with Gasteiger partial charge in [0.1, 0.15) is 6.61 Å². The van der Waals surface area contributed by atoms with E-state index in [1.807, 2.05) is 0 Å². The van der Waals surface area contributed by atoms with Crippen molar-refractivity contribution in [2.75, 3.05) is 19.8 Å². The fraction of sp³-hybridized carbons (Fsp3) is 0.709. The molecule has 0 N–H and O–H groups in total. The maximum absolute atomic E-state index is 12.7. The quantitative estimate of drug-likeness (QED) is 0.0347. The molecule has 0 aromatic rings. The average Bonchev–Trinajstić information content (AvgIpc) is 3.25. The highest BCUT2D eigenvalue weighted by Gasteiger charge is 2.17. The highest BCUT2D eigenvalue weighted by molar-refractivity contribution is 5.70. The number of allylic oxidation sites excluding steroid dienone is 13. The number of rotatable bonds is 45. The van der Waals surface area contributed by atoms with Gasteiger partial charge in [-0.25, -0.2) is 0 Å². The van der Waals surface area contributed by atoms with Gasteiger partial charge in [0, 0.05) is 12.8 Å². The first kappa shape index (κ1) is 57.1. The Balaban J connectivity index is 4.36. The molecule has 0 aliphatic rings. The topological polar surface area (TPSA) is 61.8 Å². The van der Waals surface area contributed by atoms with Crippen LogP contribution in [0.3, 0.4) is 0 Å². The van der Waals surface area contributed by atoms with E-state index < -0.39 is 6.10 Å². The molecule has 0 aromatic carbocycles. The standard InChI is InChI=1S/C55H94O5/c1-4-7-10-13-16-19-22-24-26-28-29-31-34-36-39-42-45-48-54(56)59-52-53(60-55(57)49-46-43-40-37-33-21-18-15-12-9-6-3)51-58-50-47-44-41-38-35-32-30-27-25-23-20-17-14-11-8-5-2/h8,11,15,17-18,20,24-27,32,35,41,44,53H,4-7,9-10,12-14,16,19,21-23,28-31,33-34,36-40,42-43,45-52H2,1-3H3/b11-8-,18-15-,20-17-,26-24-,27-25-,35-32-,44-41-. The fourth-order valence-electron chi connectivity index (χ4n) is 6.67. The van der Waals surface area contributed by atoms with E-state index in [0.717, 1.165) is 83.5 Å². The Bertz CT molecular complexity index is 1130. The van der Waals surface area contributed by atoms with Crippen molar-refractivity contribution in [1.82, 2.24) is 0 Å². The average molecular weight is 835 g/mol. The number of carbonyl (C=O) groups is 2. The lowest BCUT2D eigenvalue weighted by atomic mass is 10.1. The van der Waals surface area contributed by atoms with Gasteiger partial charge in [-0.15, -0.1) is 0 Å². The van der Waals surface area contributed by atoms with Crippen molar-refractivity contribution in [3.05, 3.63) is 85.1 Å².